The first kappa shape index (κ1) is 22.8. The number of amides is 2. The van der Waals surface area contributed by atoms with E-state index >= 15 is 0 Å². The van der Waals surface area contributed by atoms with Crippen LogP contribution in [-0.2, 0) is 19.1 Å². The van der Waals surface area contributed by atoms with Crippen molar-refractivity contribution >= 4 is 69.5 Å². The molecule has 1 aliphatic rings. The van der Waals surface area contributed by atoms with E-state index in [1.807, 2.05) is 22.6 Å². The Balaban J connectivity index is 1.86. The van der Waals surface area contributed by atoms with Crippen molar-refractivity contribution in [3.63, 3.8) is 0 Å². The number of para-hydroxylation sites is 1. The summed E-state index contributed by atoms with van der Waals surface area (Å²) in [6.45, 7) is 1.72. The largest absolute Gasteiger partial charge is 0.481 e. The minimum Gasteiger partial charge on any atom is -0.481 e. The summed E-state index contributed by atoms with van der Waals surface area (Å²) in [4.78, 5) is 37.7. The van der Waals surface area contributed by atoms with Crippen molar-refractivity contribution in [1.82, 2.24) is 5.32 Å². The molecular formula is C21H16FIN2O5S. The van der Waals surface area contributed by atoms with Crippen LogP contribution in [0.25, 0.3) is 6.08 Å². The third-order valence-corrected chi connectivity index (χ3v) is 5.24. The number of rotatable bonds is 6. The van der Waals surface area contributed by atoms with Gasteiger partial charge >= 0.3 is 5.97 Å². The second-order valence-electron chi connectivity index (χ2n) is 6.19. The first-order valence-corrected chi connectivity index (χ1v) is 10.5. The molecular weight excluding hydrogens is 538 g/mol. The summed E-state index contributed by atoms with van der Waals surface area (Å²) in [5, 5.41) is 2.21. The van der Waals surface area contributed by atoms with Crippen LogP contribution in [0.15, 0.2) is 48.0 Å². The van der Waals surface area contributed by atoms with Crippen LogP contribution in [0.1, 0.15) is 12.5 Å². The predicted molar refractivity (Wildman–Crippen MR) is 124 cm³/mol. The molecule has 160 valence electrons. The van der Waals surface area contributed by atoms with Crippen LogP contribution in [0.5, 0.6) is 5.75 Å². The number of carbonyl (C=O) groups is 3. The Kier molecular flexibility index (Phi) is 7.33. The van der Waals surface area contributed by atoms with Crippen LogP contribution in [0.3, 0.4) is 0 Å². The van der Waals surface area contributed by atoms with Crippen LogP contribution in [0, 0.1) is 9.39 Å². The van der Waals surface area contributed by atoms with E-state index in [0.717, 1.165) is 4.90 Å². The van der Waals surface area contributed by atoms with Gasteiger partial charge in [-0.3, -0.25) is 14.9 Å². The Morgan fingerprint density at radius 2 is 2.00 bits per heavy atom. The summed E-state index contributed by atoms with van der Waals surface area (Å²) in [6, 6.07) is 10.5. The highest BCUT2D eigenvalue weighted by atomic mass is 127. The van der Waals surface area contributed by atoms with Gasteiger partial charge in [0.2, 0.25) is 0 Å². The van der Waals surface area contributed by atoms with E-state index in [1.54, 1.807) is 31.2 Å². The van der Waals surface area contributed by atoms with Gasteiger partial charge in [0.05, 0.1) is 15.9 Å². The average Bonchev–Trinajstić information content (AvgIpc) is 2.72. The highest BCUT2D eigenvalue weighted by molar-refractivity contribution is 14.1. The fourth-order valence-corrected chi connectivity index (χ4v) is 3.71. The number of hydrogen-bond acceptors (Lipinski definition) is 6. The number of nitrogens with zero attached hydrogens (tertiary/aromatic N) is 1. The molecule has 1 heterocycles. The van der Waals surface area contributed by atoms with Crippen molar-refractivity contribution in [2.75, 3.05) is 18.1 Å². The van der Waals surface area contributed by atoms with Gasteiger partial charge in [-0.15, -0.1) is 0 Å². The molecule has 0 bridgehead atoms. The van der Waals surface area contributed by atoms with E-state index in [0.29, 0.717) is 14.9 Å². The van der Waals surface area contributed by atoms with Gasteiger partial charge in [-0.05, 0) is 77.6 Å². The van der Waals surface area contributed by atoms with Gasteiger partial charge in [-0.1, -0.05) is 18.2 Å². The quantitative estimate of drug-likeness (QED) is 0.194. The van der Waals surface area contributed by atoms with Gasteiger partial charge in [0.1, 0.15) is 17.1 Å². The van der Waals surface area contributed by atoms with Crippen LogP contribution >= 0.6 is 34.8 Å². The van der Waals surface area contributed by atoms with Crippen molar-refractivity contribution in [1.29, 1.82) is 0 Å². The summed E-state index contributed by atoms with van der Waals surface area (Å²) >= 11 is 7.08. The van der Waals surface area contributed by atoms with E-state index in [4.69, 9.17) is 21.7 Å². The molecule has 31 heavy (non-hydrogen) atoms. The minimum atomic E-state index is -0.739. The smallest absolute Gasteiger partial charge is 0.344 e. The molecule has 2 amide bonds. The van der Waals surface area contributed by atoms with Crippen LogP contribution in [-0.4, -0.2) is 36.1 Å². The van der Waals surface area contributed by atoms with Gasteiger partial charge < -0.3 is 9.47 Å². The number of thiocarbonyl (C=S) groups is 1. The van der Waals surface area contributed by atoms with Crippen molar-refractivity contribution in [3.05, 3.63) is 63.0 Å². The molecule has 0 atom stereocenters. The molecule has 7 nitrogen and oxygen atoms in total. The molecule has 3 rings (SSSR count). The van der Waals surface area contributed by atoms with E-state index in [9.17, 15) is 18.8 Å². The number of esters is 1. The van der Waals surface area contributed by atoms with Crippen molar-refractivity contribution in [2.45, 2.75) is 6.92 Å². The first-order valence-electron chi connectivity index (χ1n) is 9.05. The minimum absolute atomic E-state index is 0.0549. The summed E-state index contributed by atoms with van der Waals surface area (Å²) < 4.78 is 25.1. The lowest BCUT2D eigenvalue weighted by atomic mass is 10.1. The second-order valence-corrected chi connectivity index (χ2v) is 7.74. The van der Waals surface area contributed by atoms with Crippen LogP contribution in [0.2, 0.25) is 0 Å². The van der Waals surface area contributed by atoms with Gasteiger partial charge in [0.25, 0.3) is 11.8 Å². The summed E-state index contributed by atoms with van der Waals surface area (Å²) in [7, 11) is 0. The SMILES string of the molecule is CCOC(=O)COc1ccc(/C=C2\C(=O)NC(=S)N(c3ccccc3F)C2=O)cc1I. The zero-order chi connectivity index (χ0) is 22.5. The van der Waals surface area contributed by atoms with E-state index in [2.05, 4.69) is 5.32 Å². The average molecular weight is 554 g/mol. The van der Waals surface area contributed by atoms with E-state index < -0.39 is 23.6 Å². The third kappa shape index (κ3) is 5.25. The summed E-state index contributed by atoms with van der Waals surface area (Å²) in [5.74, 6) is -2.11. The van der Waals surface area contributed by atoms with Gasteiger partial charge in [0, 0.05) is 0 Å². The Morgan fingerprint density at radius 1 is 1.26 bits per heavy atom. The molecule has 0 radical (unpaired) electrons. The van der Waals surface area contributed by atoms with E-state index in [-0.39, 0.29) is 29.6 Å². The molecule has 1 saturated heterocycles. The van der Waals surface area contributed by atoms with Crippen molar-refractivity contribution in [3.8, 4) is 5.75 Å². The maximum absolute atomic E-state index is 14.2. The zero-order valence-electron chi connectivity index (χ0n) is 16.2. The molecule has 2 aromatic rings. The zero-order valence-corrected chi connectivity index (χ0v) is 19.2. The van der Waals surface area contributed by atoms with Gasteiger partial charge in [0.15, 0.2) is 11.7 Å². The lowest BCUT2D eigenvalue weighted by Crippen LogP contribution is -2.54. The molecule has 10 heteroatoms. The topological polar surface area (TPSA) is 84.9 Å². The lowest BCUT2D eigenvalue weighted by molar-refractivity contribution is -0.145. The molecule has 0 aliphatic carbocycles. The number of nitrogens with one attached hydrogen (secondary N) is 1. The standard InChI is InChI=1S/C21H16FIN2O5S/c1-2-29-18(26)11-30-17-8-7-12(10-15(17)23)9-13-19(27)24-21(31)25(20(13)28)16-6-4-3-5-14(16)22/h3-10H,2,11H2,1H3,(H,24,27,31)/b13-9+. The van der Waals surface area contributed by atoms with E-state index in [1.165, 1.54) is 24.3 Å². The highest BCUT2D eigenvalue weighted by Crippen LogP contribution is 2.27. The highest BCUT2D eigenvalue weighted by Gasteiger charge is 2.35. The molecule has 1 fully saturated rings. The lowest BCUT2D eigenvalue weighted by Gasteiger charge is -2.29. The number of carbonyl (C=O) groups excluding carboxylic acids is 3. The maximum atomic E-state index is 14.2. The van der Waals surface area contributed by atoms with Crippen molar-refractivity contribution in [2.24, 2.45) is 0 Å². The Hall–Kier alpha value is -2.86. The van der Waals surface area contributed by atoms with Crippen molar-refractivity contribution < 1.29 is 28.2 Å². The number of ether oxygens (including phenoxy) is 2. The van der Waals surface area contributed by atoms with Crippen LogP contribution < -0.4 is 15.0 Å². The monoisotopic (exact) mass is 554 g/mol. The normalized spacial score (nSPS) is 15.1. The molecule has 1 aliphatic heterocycles. The van der Waals surface area contributed by atoms with Crippen LogP contribution in [0.4, 0.5) is 10.1 Å². The van der Waals surface area contributed by atoms with Gasteiger partial charge in [-0.2, -0.15) is 0 Å². The fraction of sp³-hybridized carbons (Fsp3) is 0.143. The predicted octanol–water partition coefficient (Wildman–Crippen LogP) is 3.20. The van der Waals surface area contributed by atoms with Gasteiger partial charge in [-0.25, -0.2) is 14.1 Å². The molecule has 0 spiro atoms. The second kappa shape index (κ2) is 9.96. The molecule has 1 N–H and O–H groups in total. The maximum Gasteiger partial charge on any atom is 0.344 e. The number of halogens is 2. The molecule has 0 aromatic heterocycles. The molecule has 0 unspecified atom stereocenters. The Morgan fingerprint density at radius 3 is 2.68 bits per heavy atom. The molecule has 0 saturated carbocycles. The summed E-state index contributed by atoms with van der Waals surface area (Å²) in [5.41, 5.74) is 0.279. The number of hydrogen-bond donors (Lipinski definition) is 1. The Bertz CT molecular complexity index is 1100. The summed E-state index contributed by atoms with van der Waals surface area (Å²) in [6.07, 6.45) is 1.38. The first-order chi connectivity index (χ1) is 14.8. The molecule has 2 aromatic carbocycles. The Labute approximate surface area is 196 Å². The number of benzene rings is 2. The third-order valence-electron chi connectivity index (χ3n) is 4.11. The fourth-order valence-electron chi connectivity index (χ4n) is 2.74. The number of anilines is 1.